The van der Waals surface area contributed by atoms with Crippen LogP contribution in [0.4, 0.5) is 13.6 Å². The summed E-state index contributed by atoms with van der Waals surface area (Å²) < 4.78 is 41.6. The molecule has 7 nitrogen and oxygen atoms in total. The van der Waals surface area contributed by atoms with Gasteiger partial charge in [-0.2, -0.15) is 13.9 Å². The number of carbonyl (C=O) groups is 2. The van der Waals surface area contributed by atoms with Crippen LogP contribution in [0.3, 0.4) is 0 Å². The third-order valence-electron chi connectivity index (χ3n) is 4.92. The molecule has 0 aromatic carbocycles. The molecule has 28 heavy (non-hydrogen) atoms. The summed E-state index contributed by atoms with van der Waals surface area (Å²) in [5.41, 5.74) is 0.0672. The van der Waals surface area contributed by atoms with Gasteiger partial charge in [-0.1, -0.05) is 0 Å². The van der Waals surface area contributed by atoms with E-state index in [1.807, 2.05) is 0 Å². The fraction of sp³-hybridized carbons (Fsp3) is 0.737. The molecule has 2 aliphatic rings. The van der Waals surface area contributed by atoms with E-state index in [0.717, 1.165) is 0 Å². The van der Waals surface area contributed by atoms with Gasteiger partial charge in [0.25, 0.3) is 5.92 Å². The molecule has 1 unspecified atom stereocenters. The summed E-state index contributed by atoms with van der Waals surface area (Å²) in [7, 11) is 0. The number of hydrogen-bond donors (Lipinski definition) is 0. The first kappa shape index (κ1) is 20.5. The Labute approximate surface area is 163 Å². The van der Waals surface area contributed by atoms with Gasteiger partial charge in [0.15, 0.2) is 0 Å². The summed E-state index contributed by atoms with van der Waals surface area (Å²) in [6.45, 7) is 7.61. The van der Waals surface area contributed by atoms with Crippen molar-refractivity contribution in [1.82, 2.24) is 14.7 Å². The van der Waals surface area contributed by atoms with Gasteiger partial charge in [0.05, 0.1) is 31.3 Å². The molecule has 3 heterocycles. The van der Waals surface area contributed by atoms with Crippen molar-refractivity contribution in [3.8, 4) is 0 Å². The van der Waals surface area contributed by atoms with Gasteiger partial charge >= 0.3 is 12.1 Å². The maximum atomic E-state index is 15.0. The van der Waals surface area contributed by atoms with E-state index in [-0.39, 0.29) is 31.8 Å². The Morgan fingerprint density at radius 3 is 2.68 bits per heavy atom. The molecule has 3 rings (SSSR count). The number of halogens is 2. The monoisotopic (exact) mass is 399 g/mol. The van der Waals surface area contributed by atoms with Crippen molar-refractivity contribution >= 4 is 12.1 Å². The molecule has 0 aliphatic carbocycles. The summed E-state index contributed by atoms with van der Waals surface area (Å²) in [5.74, 6) is -4.26. The van der Waals surface area contributed by atoms with Crippen molar-refractivity contribution in [3.05, 3.63) is 17.0 Å². The van der Waals surface area contributed by atoms with Gasteiger partial charge in [-0.05, 0) is 34.1 Å². The summed E-state index contributed by atoms with van der Waals surface area (Å²) in [6.07, 6.45) is -0.588. The molecule has 0 saturated carbocycles. The van der Waals surface area contributed by atoms with Crippen LogP contribution in [-0.2, 0) is 39.7 Å². The number of hydrogen-bond acceptors (Lipinski definition) is 5. The lowest BCUT2D eigenvalue weighted by Crippen LogP contribution is -2.40. The van der Waals surface area contributed by atoms with Gasteiger partial charge in [0.1, 0.15) is 11.3 Å². The van der Waals surface area contributed by atoms with Crippen LogP contribution in [0.15, 0.2) is 0 Å². The minimum Gasteiger partial charge on any atom is -0.466 e. The normalized spacial score (nSPS) is 21.4. The molecule has 0 bridgehead atoms. The van der Waals surface area contributed by atoms with Crippen LogP contribution in [0.5, 0.6) is 0 Å². The van der Waals surface area contributed by atoms with Crippen LogP contribution >= 0.6 is 0 Å². The zero-order valence-corrected chi connectivity index (χ0v) is 16.8. The highest BCUT2D eigenvalue weighted by atomic mass is 19.3. The summed E-state index contributed by atoms with van der Waals surface area (Å²) >= 11 is 0. The Kier molecular flexibility index (Phi) is 5.38. The predicted octanol–water partition coefficient (Wildman–Crippen LogP) is 3.24. The maximum absolute atomic E-state index is 15.0. The van der Waals surface area contributed by atoms with E-state index in [1.165, 1.54) is 9.58 Å². The topological polar surface area (TPSA) is 73.7 Å². The highest BCUT2D eigenvalue weighted by Gasteiger charge is 2.45. The van der Waals surface area contributed by atoms with Crippen molar-refractivity contribution < 1.29 is 27.8 Å². The lowest BCUT2D eigenvalue weighted by molar-refractivity contribution is -0.149. The molecule has 156 valence electrons. The maximum Gasteiger partial charge on any atom is 0.410 e. The largest absolute Gasteiger partial charge is 0.466 e. The zero-order valence-electron chi connectivity index (χ0n) is 16.8. The molecule has 1 aromatic heterocycles. The number of alkyl halides is 2. The number of aromatic nitrogens is 2. The van der Waals surface area contributed by atoms with Crippen molar-refractivity contribution in [2.45, 2.75) is 71.6 Å². The first-order chi connectivity index (χ1) is 13.0. The van der Waals surface area contributed by atoms with Crippen LogP contribution in [0.25, 0.3) is 0 Å². The summed E-state index contributed by atoms with van der Waals surface area (Å²) in [6, 6.07) is 0. The fourth-order valence-electron chi connectivity index (χ4n) is 3.68. The molecular weight excluding hydrogens is 372 g/mol. The third kappa shape index (κ3) is 4.12. The standard InChI is InChI=1S/C19H27F2N3O4/c1-5-27-16(25)12-6-8-19(20,21)15-13-11-23(17(26)28-18(2,3)4)9-7-14(13)22-24(15)10-12/h12H,5-11H2,1-4H3. The second-order valence-corrected chi connectivity index (χ2v) is 8.30. The van der Waals surface area contributed by atoms with Crippen LogP contribution in [-0.4, -0.2) is 45.5 Å². The van der Waals surface area contributed by atoms with E-state index in [4.69, 9.17) is 9.47 Å². The number of rotatable bonds is 2. The Balaban J connectivity index is 1.89. The SMILES string of the molecule is CCOC(=O)C1CCC(F)(F)c2c3c(nn2C1)CCN(C(=O)OC(C)(C)C)C3. The summed E-state index contributed by atoms with van der Waals surface area (Å²) in [5, 5.41) is 4.36. The van der Waals surface area contributed by atoms with E-state index in [1.54, 1.807) is 27.7 Å². The van der Waals surface area contributed by atoms with Crippen LogP contribution < -0.4 is 0 Å². The lowest BCUT2D eigenvalue weighted by Gasteiger charge is -2.30. The van der Waals surface area contributed by atoms with Crippen molar-refractivity contribution in [2.75, 3.05) is 13.2 Å². The van der Waals surface area contributed by atoms with E-state index in [2.05, 4.69) is 5.10 Å². The van der Waals surface area contributed by atoms with Gasteiger partial charge in [-0.15, -0.1) is 0 Å². The second kappa shape index (κ2) is 7.33. The highest BCUT2D eigenvalue weighted by Crippen LogP contribution is 2.42. The van der Waals surface area contributed by atoms with Crippen LogP contribution in [0, 0.1) is 5.92 Å². The molecule has 2 aliphatic heterocycles. The number of ether oxygens (including phenoxy) is 2. The number of amides is 1. The number of esters is 1. The van der Waals surface area contributed by atoms with E-state index < -0.39 is 35.9 Å². The Morgan fingerprint density at radius 2 is 2.04 bits per heavy atom. The van der Waals surface area contributed by atoms with Gasteiger partial charge in [-0.3, -0.25) is 9.48 Å². The number of carbonyl (C=O) groups excluding carboxylic acids is 2. The van der Waals surface area contributed by atoms with Gasteiger partial charge < -0.3 is 14.4 Å². The minimum atomic E-state index is -3.13. The second-order valence-electron chi connectivity index (χ2n) is 8.30. The Bertz CT molecular complexity index is 770. The highest BCUT2D eigenvalue weighted by molar-refractivity contribution is 5.72. The smallest absolute Gasteiger partial charge is 0.410 e. The average Bonchev–Trinajstić information content (AvgIpc) is 2.88. The predicted molar refractivity (Wildman–Crippen MR) is 95.8 cm³/mol. The van der Waals surface area contributed by atoms with Gasteiger partial charge in [0, 0.05) is 24.9 Å². The van der Waals surface area contributed by atoms with Gasteiger partial charge in [-0.25, -0.2) is 4.79 Å². The molecule has 0 saturated heterocycles. The van der Waals surface area contributed by atoms with E-state index in [0.29, 0.717) is 24.2 Å². The zero-order chi connectivity index (χ0) is 20.7. The molecule has 0 fully saturated rings. The number of fused-ring (bicyclic) bond motifs is 3. The van der Waals surface area contributed by atoms with Crippen LogP contribution in [0.1, 0.15) is 57.5 Å². The third-order valence-corrected chi connectivity index (χ3v) is 4.92. The first-order valence-electron chi connectivity index (χ1n) is 9.63. The average molecular weight is 399 g/mol. The number of nitrogens with zero attached hydrogens (tertiary/aromatic N) is 3. The van der Waals surface area contributed by atoms with Crippen molar-refractivity contribution in [2.24, 2.45) is 5.92 Å². The molecule has 1 aromatic rings. The molecule has 9 heteroatoms. The molecule has 1 amide bonds. The molecule has 0 radical (unpaired) electrons. The minimum absolute atomic E-state index is 0.0270. The van der Waals surface area contributed by atoms with E-state index >= 15 is 0 Å². The molecule has 1 atom stereocenters. The molecule has 0 N–H and O–H groups in total. The van der Waals surface area contributed by atoms with Crippen molar-refractivity contribution in [1.29, 1.82) is 0 Å². The lowest BCUT2D eigenvalue weighted by atomic mass is 9.98. The van der Waals surface area contributed by atoms with Crippen molar-refractivity contribution in [3.63, 3.8) is 0 Å². The Morgan fingerprint density at radius 1 is 1.32 bits per heavy atom. The first-order valence-corrected chi connectivity index (χ1v) is 9.63. The quantitative estimate of drug-likeness (QED) is 0.714. The molecular formula is C19H27F2N3O4. The van der Waals surface area contributed by atoms with E-state index in [9.17, 15) is 18.4 Å². The summed E-state index contributed by atoms with van der Waals surface area (Å²) in [4.78, 5) is 25.9. The van der Waals surface area contributed by atoms with Gasteiger partial charge in [0.2, 0.25) is 0 Å². The van der Waals surface area contributed by atoms with Crippen LogP contribution in [0.2, 0.25) is 0 Å². The fourth-order valence-corrected chi connectivity index (χ4v) is 3.68. The Hall–Kier alpha value is -2.19. The molecule has 0 spiro atoms.